The molecule has 0 aliphatic rings. The fourth-order valence-electron chi connectivity index (χ4n) is 2.82. The molecule has 154 valence electrons. The standard InChI is InChI=1S/C25H35IO2/c1-20(2)9-5-10-21(3)11-6-14-24(26)15-7-12-22(4)13-8-16-25(27)23-17-18-28-19-23/h9,11,13,15,17-19H,5-8,10,12,14,16H2,1-4H3/b21-11+,22-13+,24-15-. The highest BCUT2D eigenvalue weighted by Gasteiger charge is 2.05. The Bertz CT molecular complexity index is 699. The Kier molecular flexibility index (Phi) is 12.9. The predicted octanol–water partition coefficient (Wildman–Crippen LogP) is 8.76. The van der Waals surface area contributed by atoms with Crippen LogP contribution >= 0.6 is 22.6 Å². The van der Waals surface area contributed by atoms with Crippen LogP contribution in [0.25, 0.3) is 0 Å². The van der Waals surface area contributed by atoms with Crippen molar-refractivity contribution in [3.8, 4) is 0 Å². The number of carbonyl (C=O) groups is 1. The van der Waals surface area contributed by atoms with Gasteiger partial charge in [-0.3, -0.25) is 4.79 Å². The van der Waals surface area contributed by atoms with Gasteiger partial charge in [-0.05, 0) is 105 Å². The topological polar surface area (TPSA) is 30.2 Å². The molecule has 0 amide bonds. The molecule has 1 heterocycles. The smallest absolute Gasteiger partial charge is 0.166 e. The largest absolute Gasteiger partial charge is 0.472 e. The summed E-state index contributed by atoms with van der Waals surface area (Å²) in [5, 5.41) is 0. The van der Waals surface area contributed by atoms with E-state index < -0.39 is 0 Å². The molecule has 0 spiro atoms. The molecule has 1 rings (SSSR count). The lowest BCUT2D eigenvalue weighted by atomic mass is 10.1. The van der Waals surface area contributed by atoms with Crippen molar-refractivity contribution in [3.05, 3.63) is 68.8 Å². The van der Waals surface area contributed by atoms with E-state index in [4.69, 9.17) is 4.42 Å². The summed E-state index contributed by atoms with van der Waals surface area (Å²) in [6.07, 6.45) is 20.3. The zero-order valence-corrected chi connectivity index (χ0v) is 20.1. The lowest BCUT2D eigenvalue weighted by molar-refractivity contribution is 0.0983. The van der Waals surface area contributed by atoms with E-state index in [2.05, 4.69) is 74.6 Å². The first kappa shape index (κ1) is 24.7. The van der Waals surface area contributed by atoms with Crippen LogP contribution < -0.4 is 0 Å². The molecule has 0 aliphatic heterocycles. The molecule has 1 aromatic heterocycles. The van der Waals surface area contributed by atoms with Gasteiger partial charge in [0.2, 0.25) is 0 Å². The summed E-state index contributed by atoms with van der Waals surface area (Å²) in [6, 6.07) is 1.73. The van der Waals surface area contributed by atoms with Crippen molar-refractivity contribution < 1.29 is 9.21 Å². The summed E-state index contributed by atoms with van der Waals surface area (Å²) in [4.78, 5) is 11.9. The highest BCUT2D eigenvalue weighted by atomic mass is 127. The van der Waals surface area contributed by atoms with Gasteiger partial charge in [0.25, 0.3) is 0 Å². The Labute approximate surface area is 185 Å². The van der Waals surface area contributed by atoms with Gasteiger partial charge in [-0.15, -0.1) is 0 Å². The van der Waals surface area contributed by atoms with Crippen LogP contribution in [0.15, 0.2) is 67.6 Å². The van der Waals surface area contributed by atoms with Crippen LogP contribution in [0.3, 0.4) is 0 Å². The average molecular weight is 494 g/mol. The van der Waals surface area contributed by atoms with Crippen molar-refractivity contribution in [3.63, 3.8) is 0 Å². The minimum absolute atomic E-state index is 0.149. The van der Waals surface area contributed by atoms with Crippen LogP contribution in [0.1, 0.15) is 89.4 Å². The van der Waals surface area contributed by atoms with Crippen LogP contribution in [-0.2, 0) is 0 Å². The van der Waals surface area contributed by atoms with Gasteiger partial charge in [-0.2, -0.15) is 0 Å². The number of ketones is 1. The average Bonchev–Trinajstić information content (AvgIpc) is 3.16. The monoisotopic (exact) mass is 494 g/mol. The molecule has 2 nitrogen and oxygen atoms in total. The maximum atomic E-state index is 11.9. The van der Waals surface area contributed by atoms with Crippen molar-refractivity contribution in [2.75, 3.05) is 0 Å². The number of hydrogen-bond donors (Lipinski definition) is 0. The minimum atomic E-state index is 0.149. The Morgan fingerprint density at radius 2 is 1.43 bits per heavy atom. The molecule has 0 saturated heterocycles. The van der Waals surface area contributed by atoms with E-state index in [1.54, 1.807) is 12.3 Å². The van der Waals surface area contributed by atoms with Gasteiger partial charge in [0.05, 0.1) is 11.8 Å². The molecule has 1 aromatic rings. The number of hydrogen-bond acceptors (Lipinski definition) is 2. The first-order valence-corrected chi connectivity index (χ1v) is 11.3. The highest BCUT2D eigenvalue weighted by molar-refractivity contribution is 14.1. The first-order valence-electron chi connectivity index (χ1n) is 10.2. The molecule has 0 bridgehead atoms. The second-order valence-electron chi connectivity index (χ2n) is 7.62. The van der Waals surface area contributed by atoms with Gasteiger partial charge in [0.1, 0.15) is 6.26 Å². The molecule has 0 radical (unpaired) electrons. The molecule has 0 unspecified atom stereocenters. The molecule has 0 saturated carbocycles. The van der Waals surface area contributed by atoms with Crippen LogP contribution in [0.2, 0.25) is 0 Å². The molecule has 0 N–H and O–H groups in total. The van der Waals surface area contributed by atoms with Crippen LogP contribution in [0, 0.1) is 0 Å². The quantitative estimate of drug-likeness (QED) is 0.156. The molecule has 28 heavy (non-hydrogen) atoms. The van der Waals surface area contributed by atoms with Crippen LogP contribution in [0.5, 0.6) is 0 Å². The summed E-state index contributed by atoms with van der Waals surface area (Å²) in [7, 11) is 0. The minimum Gasteiger partial charge on any atom is -0.472 e. The predicted molar refractivity (Wildman–Crippen MR) is 129 cm³/mol. The Morgan fingerprint density at radius 3 is 2.00 bits per heavy atom. The molecule has 3 heteroatoms. The van der Waals surface area contributed by atoms with Crippen LogP contribution in [-0.4, -0.2) is 5.78 Å². The third-order valence-electron chi connectivity index (χ3n) is 4.58. The van der Waals surface area contributed by atoms with E-state index in [9.17, 15) is 4.79 Å². The van der Waals surface area contributed by atoms with Crippen molar-refractivity contribution in [2.24, 2.45) is 0 Å². The van der Waals surface area contributed by atoms with E-state index in [-0.39, 0.29) is 5.78 Å². The lowest BCUT2D eigenvalue weighted by Gasteiger charge is -2.02. The van der Waals surface area contributed by atoms with Gasteiger partial charge in [-0.1, -0.05) is 41.0 Å². The van der Waals surface area contributed by atoms with Crippen molar-refractivity contribution in [2.45, 2.75) is 79.1 Å². The fourth-order valence-corrected chi connectivity index (χ4v) is 3.45. The zero-order chi connectivity index (χ0) is 20.8. The van der Waals surface area contributed by atoms with Gasteiger partial charge >= 0.3 is 0 Å². The molecule has 0 atom stereocenters. The van der Waals surface area contributed by atoms with Crippen molar-refractivity contribution in [1.82, 2.24) is 0 Å². The van der Waals surface area contributed by atoms with E-state index in [0.29, 0.717) is 12.0 Å². The summed E-state index contributed by atoms with van der Waals surface area (Å²) >= 11 is 2.47. The fraction of sp³-hybridized carbons (Fsp3) is 0.480. The molecule has 0 fully saturated rings. The van der Waals surface area contributed by atoms with E-state index >= 15 is 0 Å². The number of furan rings is 1. The third kappa shape index (κ3) is 12.2. The number of rotatable bonds is 13. The van der Waals surface area contributed by atoms with Crippen molar-refractivity contribution in [1.29, 1.82) is 0 Å². The Hall–Kier alpha value is -1.36. The summed E-state index contributed by atoms with van der Waals surface area (Å²) < 4.78 is 6.39. The molecular weight excluding hydrogens is 459 g/mol. The maximum Gasteiger partial charge on any atom is 0.166 e. The van der Waals surface area contributed by atoms with E-state index in [0.717, 1.165) is 38.5 Å². The number of Topliss-reactive ketones (excluding diaryl/α,β-unsaturated/α-hetero) is 1. The highest BCUT2D eigenvalue weighted by Crippen LogP contribution is 2.19. The first-order chi connectivity index (χ1) is 13.4. The van der Waals surface area contributed by atoms with Gasteiger partial charge in [-0.25, -0.2) is 0 Å². The van der Waals surface area contributed by atoms with Gasteiger partial charge < -0.3 is 4.42 Å². The van der Waals surface area contributed by atoms with Crippen LogP contribution in [0.4, 0.5) is 0 Å². The molecule has 0 aromatic carbocycles. The van der Waals surface area contributed by atoms with Gasteiger partial charge in [0, 0.05) is 6.42 Å². The van der Waals surface area contributed by atoms with Crippen molar-refractivity contribution >= 4 is 28.4 Å². The Balaban J connectivity index is 2.22. The zero-order valence-electron chi connectivity index (χ0n) is 17.9. The number of halogens is 1. The summed E-state index contributed by atoms with van der Waals surface area (Å²) in [5.74, 6) is 0.149. The second kappa shape index (κ2) is 14.6. The Morgan fingerprint density at radius 1 is 0.857 bits per heavy atom. The summed E-state index contributed by atoms with van der Waals surface area (Å²) in [6.45, 7) is 8.70. The number of allylic oxidation sites excluding steroid dienone is 8. The maximum absolute atomic E-state index is 11.9. The third-order valence-corrected chi connectivity index (χ3v) is 5.56. The molecule has 0 aliphatic carbocycles. The summed E-state index contributed by atoms with van der Waals surface area (Å²) in [5.41, 5.74) is 4.92. The van der Waals surface area contributed by atoms with E-state index in [1.807, 2.05) is 0 Å². The second-order valence-corrected chi connectivity index (χ2v) is 9.01. The normalized spacial score (nSPS) is 13.0. The molecular formula is C25H35IO2. The van der Waals surface area contributed by atoms with Gasteiger partial charge in [0.15, 0.2) is 5.78 Å². The number of carbonyl (C=O) groups excluding carboxylic acids is 1. The van der Waals surface area contributed by atoms with E-state index in [1.165, 1.54) is 33.0 Å². The lowest BCUT2D eigenvalue weighted by Crippen LogP contribution is -1.95. The SMILES string of the molecule is CC(C)=CCC/C(C)=C/CC/C(I)=C/CC/C(C)=C/CCC(=O)c1ccoc1.